The van der Waals surface area contributed by atoms with E-state index in [0.29, 0.717) is 31.0 Å². The van der Waals surface area contributed by atoms with Gasteiger partial charge in [0.05, 0.1) is 18.4 Å². The first kappa shape index (κ1) is 20.0. The molecule has 2 heterocycles. The Hall–Kier alpha value is -3.29. The van der Waals surface area contributed by atoms with Crippen molar-refractivity contribution in [2.75, 3.05) is 6.54 Å². The smallest absolute Gasteiger partial charge is 0.246 e. The molecule has 8 heteroatoms. The van der Waals surface area contributed by atoms with Crippen LogP contribution in [0.15, 0.2) is 40.9 Å². The number of nitrogens with one attached hydrogen (secondary N) is 1. The van der Waals surface area contributed by atoms with E-state index in [-0.39, 0.29) is 49.1 Å². The number of rotatable bonds is 7. The molecule has 1 aliphatic carbocycles. The van der Waals surface area contributed by atoms with Gasteiger partial charge in [0.1, 0.15) is 0 Å². The predicted octanol–water partition coefficient (Wildman–Crippen LogP) is 2.39. The zero-order valence-corrected chi connectivity index (χ0v) is 16.8. The van der Waals surface area contributed by atoms with Crippen molar-refractivity contribution in [3.05, 3.63) is 47.9 Å². The second-order valence-electron chi connectivity index (χ2n) is 7.74. The molecule has 0 spiro atoms. The van der Waals surface area contributed by atoms with Crippen molar-refractivity contribution in [3.8, 4) is 11.4 Å². The molecule has 0 radical (unpaired) electrons. The van der Waals surface area contributed by atoms with Gasteiger partial charge in [0.2, 0.25) is 29.4 Å². The van der Waals surface area contributed by atoms with Crippen LogP contribution in [0.3, 0.4) is 0 Å². The Bertz CT molecular complexity index is 953. The predicted molar refractivity (Wildman–Crippen MR) is 108 cm³/mol. The van der Waals surface area contributed by atoms with Gasteiger partial charge in [0.25, 0.3) is 0 Å². The molecule has 2 aromatic rings. The molecule has 156 valence electrons. The summed E-state index contributed by atoms with van der Waals surface area (Å²) in [5, 5.41) is 6.67. The summed E-state index contributed by atoms with van der Waals surface area (Å²) in [6, 6.07) is 7.76. The molecule has 0 saturated carbocycles. The van der Waals surface area contributed by atoms with Crippen molar-refractivity contribution in [1.82, 2.24) is 20.4 Å². The maximum Gasteiger partial charge on any atom is 0.246 e. The maximum atomic E-state index is 12.4. The average Bonchev–Trinajstić information content (AvgIpc) is 3.32. The molecular formula is C22H24N4O4. The van der Waals surface area contributed by atoms with Crippen LogP contribution in [-0.4, -0.2) is 39.3 Å². The van der Waals surface area contributed by atoms with Crippen molar-refractivity contribution in [3.63, 3.8) is 0 Å². The summed E-state index contributed by atoms with van der Waals surface area (Å²) in [5.74, 6) is -0.0633. The number of nitrogens with zero attached hydrogens (tertiary/aromatic N) is 3. The van der Waals surface area contributed by atoms with Gasteiger partial charge in [-0.15, -0.1) is 0 Å². The van der Waals surface area contributed by atoms with E-state index in [2.05, 4.69) is 15.5 Å². The van der Waals surface area contributed by atoms with Gasteiger partial charge in [-0.25, -0.2) is 0 Å². The lowest BCUT2D eigenvalue weighted by molar-refractivity contribution is -0.140. The van der Waals surface area contributed by atoms with Gasteiger partial charge in [-0.05, 0) is 26.2 Å². The van der Waals surface area contributed by atoms with Gasteiger partial charge in [-0.3, -0.25) is 19.3 Å². The molecule has 0 unspecified atom stereocenters. The largest absolute Gasteiger partial charge is 0.347 e. The van der Waals surface area contributed by atoms with E-state index in [9.17, 15) is 14.4 Å². The highest BCUT2D eigenvalue weighted by molar-refractivity contribution is 6.05. The zero-order valence-electron chi connectivity index (χ0n) is 16.8. The molecule has 30 heavy (non-hydrogen) atoms. The van der Waals surface area contributed by atoms with Crippen LogP contribution in [0.1, 0.15) is 37.1 Å². The van der Waals surface area contributed by atoms with Gasteiger partial charge in [-0.1, -0.05) is 47.1 Å². The number of carbonyl (C=O) groups is 3. The molecule has 1 aliphatic heterocycles. The third kappa shape index (κ3) is 4.17. The molecule has 3 amide bonds. The van der Waals surface area contributed by atoms with Gasteiger partial charge < -0.3 is 9.84 Å². The standard InChI is InChI=1S/C22H24N4O4/c1-14-8-10-15(11-9-14)20-24-19(30-25-20)13-23-18(27)7-4-12-26-21(28)16-5-2-3-6-17(16)22(26)29/h2-3,8-11,16-17H,4-7,12-13H2,1H3,(H,23,27)/t16-,17+. The van der Waals surface area contributed by atoms with Crippen LogP contribution in [0, 0.1) is 18.8 Å². The minimum absolute atomic E-state index is 0.107. The van der Waals surface area contributed by atoms with Crippen molar-refractivity contribution in [2.24, 2.45) is 11.8 Å². The van der Waals surface area contributed by atoms with E-state index in [1.165, 1.54) is 4.90 Å². The Balaban J connectivity index is 1.22. The van der Waals surface area contributed by atoms with Crippen LogP contribution in [0.5, 0.6) is 0 Å². The number of fused-ring (bicyclic) bond motifs is 1. The molecule has 1 N–H and O–H groups in total. The molecule has 8 nitrogen and oxygen atoms in total. The van der Waals surface area contributed by atoms with Crippen molar-refractivity contribution < 1.29 is 18.9 Å². The average molecular weight is 408 g/mol. The third-order valence-electron chi connectivity index (χ3n) is 5.60. The molecule has 4 rings (SSSR count). The lowest BCUT2D eigenvalue weighted by Crippen LogP contribution is -2.33. The number of hydrogen-bond acceptors (Lipinski definition) is 6. The molecule has 1 aromatic carbocycles. The number of hydrogen-bond donors (Lipinski definition) is 1. The number of aromatic nitrogens is 2. The number of amides is 3. The van der Waals surface area contributed by atoms with E-state index in [4.69, 9.17) is 4.52 Å². The second kappa shape index (κ2) is 8.61. The number of benzene rings is 1. The molecular weight excluding hydrogens is 384 g/mol. The normalized spacial score (nSPS) is 20.5. The van der Waals surface area contributed by atoms with Crippen LogP contribution in [0.25, 0.3) is 11.4 Å². The van der Waals surface area contributed by atoms with Gasteiger partial charge >= 0.3 is 0 Å². The van der Waals surface area contributed by atoms with Crippen LogP contribution in [0.4, 0.5) is 0 Å². The lowest BCUT2D eigenvalue weighted by Gasteiger charge is -2.14. The molecule has 0 bridgehead atoms. The van der Waals surface area contributed by atoms with E-state index in [0.717, 1.165) is 11.1 Å². The van der Waals surface area contributed by atoms with E-state index >= 15 is 0 Å². The maximum absolute atomic E-state index is 12.4. The number of carbonyl (C=O) groups excluding carboxylic acids is 3. The fourth-order valence-corrected chi connectivity index (χ4v) is 3.90. The van der Waals surface area contributed by atoms with E-state index in [1.54, 1.807) is 0 Å². The van der Waals surface area contributed by atoms with E-state index < -0.39 is 0 Å². The minimum atomic E-state index is -0.225. The first-order valence-electron chi connectivity index (χ1n) is 10.2. The molecule has 1 saturated heterocycles. The molecule has 2 atom stereocenters. The highest BCUT2D eigenvalue weighted by Gasteiger charge is 2.46. The summed E-state index contributed by atoms with van der Waals surface area (Å²) >= 11 is 0. The van der Waals surface area contributed by atoms with Crippen LogP contribution in [0.2, 0.25) is 0 Å². The SMILES string of the molecule is Cc1ccc(-c2noc(CNC(=O)CCCN3C(=O)[C@H]4CC=CC[C@H]4C3=O)n2)cc1. The topological polar surface area (TPSA) is 105 Å². The fourth-order valence-electron chi connectivity index (χ4n) is 3.90. The summed E-state index contributed by atoms with van der Waals surface area (Å²) in [4.78, 5) is 42.6. The monoisotopic (exact) mass is 408 g/mol. The Morgan fingerprint density at radius 3 is 2.47 bits per heavy atom. The number of allylic oxidation sites excluding steroid dienone is 2. The van der Waals surface area contributed by atoms with Gasteiger partial charge in [0.15, 0.2) is 0 Å². The first-order chi connectivity index (χ1) is 14.5. The molecule has 1 aromatic heterocycles. The fraction of sp³-hybridized carbons (Fsp3) is 0.409. The summed E-state index contributed by atoms with van der Waals surface area (Å²) in [6.45, 7) is 2.41. The van der Waals surface area contributed by atoms with E-state index in [1.807, 2.05) is 43.3 Å². The van der Waals surface area contributed by atoms with Crippen molar-refractivity contribution >= 4 is 17.7 Å². The summed E-state index contributed by atoms with van der Waals surface area (Å²) in [6.07, 6.45) is 5.82. The first-order valence-corrected chi connectivity index (χ1v) is 10.2. The van der Waals surface area contributed by atoms with Gasteiger partial charge in [0, 0.05) is 18.5 Å². The molecule has 1 fully saturated rings. The Morgan fingerprint density at radius 2 is 1.80 bits per heavy atom. The Labute approximate surface area is 174 Å². The van der Waals surface area contributed by atoms with Crippen LogP contribution in [-0.2, 0) is 20.9 Å². The third-order valence-corrected chi connectivity index (χ3v) is 5.60. The summed E-state index contributed by atoms with van der Waals surface area (Å²) < 4.78 is 5.19. The van der Waals surface area contributed by atoms with Gasteiger partial charge in [-0.2, -0.15) is 4.98 Å². The highest BCUT2D eigenvalue weighted by atomic mass is 16.5. The van der Waals surface area contributed by atoms with Crippen molar-refractivity contribution in [1.29, 1.82) is 0 Å². The highest BCUT2D eigenvalue weighted by Crippen LogP contribution is 2.35. The summed E-state index contributed by atoms with van der Waals surface area (Å²) in [7, 11) is 0. The quantitative estimate of drug-likeness (QED) is 0.557. The van der Waals surface area contributed by atoms with Crippen molar-refractivity contribution in [2.45, 2.75) is 39.2 Å². The minimum Gasteiger partial charge on any atom is -0.347 e. The second-order valence-corrected chi connectivity index (χ2v) is 7.74. The Morgan fingerprint density at radius 1 is 1.13 bits per heavy atom. The number of aryl methyl sites for hydroxylation is 1. The summed E-state index contributed by atoms with van der Waals surface area (Å²) in [5.41, 5.74) is 1.99. The molecule has 2 aliphatic rings. The Kier molecular flexibility index (Phi) is 5.74. The zero-order chi connectivity index (χ0) is 21.1. The van der Waals surface area contributed by atoms with Crippen LogP contribution < -0.4 is 5.32 Å². The lowest BCUT2D eigenvalue weighted by atomic mass is 9.85. The number of likely N-dealkylation sites (tertiary alicyclic amines) is 1. The van der Waals surface area contributed by atoms with Crippen LogP contribution >= 0.6 is 0 Å². The number of imide groups is 1.